The van der Waals surface area contributed by atoms with Crippen LogP contribution in [0.5, 0.6) is 0 Å². The second-order valence-electron chi connectivity index (χ2n) is 6.48. The second kappa shape index (κ2) is 7.54. The highest BCUT2D eigenvalue weighted by atomic mass is 35.5. The molecule has 0 heterocycles. The fourth-order valence-corrected chi connectivity index (χ4v) is 3.09. The molecule has 0 aromatic heterocycles. The summed E-state index contributed by atoms with van der Waals surface area (Å²) < 4.78 is 0. The summed E-state index contributed by atoms with van der Waals surface area (Å²) in [6.07, 6.45) is 5.39. The summed E-state index contributed by atoms with van der Waals surface area (Å²) in [6.45, 7) is 3.20. The summed E-state index contributed by atoms with van der Waals surface area (Å²) in [6, 6.07) is 5.13. The van der Waals surface area contributed by atoms with Crippen molar-refractivity contribution in [1.82, 2.24) is 5.32 Å². The number of carbonyl (C=O) groups excluding carboxylic acids is 2. The van der Waals surface area contributed by atoms with Gasteiger partial charge in [-0.25, -0.2) is 0 Å². The molecule has 126 valence electrons. The maximum Gasteiger partial charge on any atom is 0.239 e. The first-order valence-corrected chi connectivity index (χ1v) is 8.64. The lowest BCUT2D eigenvalue weighted by Crippen LogP contribution is -2.49. The van der Waals surface area contributed by atoms with Crippen LogP contribution in [-0.2, 0) is 9.59 Å². The maximum absolute atomic E-state index is 12.5. The van der Waals surface area contributed by atoms with Gasteiger partial charge in [-0.1, -0.05) is 48.5 Å². The van der Waals surface area contributed by atoms with Crippen molar-refractivity contribution >= 4 is 40.7 Å². The Labute approximate surface area is 146 Å². The highest BCUT2D eigenvalue weighted by Crippen LogP contribution is 2.31. The second-order valence-corrected chi connectivity index (χ2v) is 7.30. The number of halogens is 2. The van der Waals surface area contributed by atoms with Crippen LogP contribution in [0, 0.1) is 5.41 Å². The van der Waals surface area contributed by atoms with E-state index < -0.39 is 11.3 Å². The quantitative estimate of drug-likeness (QED) is 0.785. The van der Waals surface area contributed by atoms with Gasteiger partial charge >= 0.3 is 0 Å². The van der Waals surface area contributed by atoms with Gasteiger partial charge in [-0.3, -0.25) is 9.59 Å². The van der Waals surface area contributed by atoms with E-state index in [9.17, 15) is 9.59 Å². The molecule has 1 aliphatic carbocycles. The molecule has 4 nitrogen and oxygen atoms in total. The number of para-hydroxylation sites is 1. The van der Waals surface area contributed by atoms with Crippen molar-refractivity contribution in [1.29, 1.82) is 0 Å². The van der Waals surface area contributed by atoms with Crippen LogP contribution < -0.4 is 10.6 Å². The van der Waals surface area contributed by atoms with Gasteiger partial charge in [-0.15, -0.1) is 0 Å². The van der Waals surface area contributed by atoms with E-state index in [0.29, 0.717) is 15.7 Å². The Hall–Kier alpha value is -1.26. The molecule has 1 fully saturated rings. The lowest BCUT2D eigenvalue weighted by Gasteiger charge is -2.28. The number of carbonyl (C=O) groups is 2. The lowest BCUT2D eigenvalue weighted by molar-refractivity contribution is -0.139. The largest absolute Gasteiger partial charge is 0.352 e. The highest BCUT2D eigenvalue weighted by molar-refractivity contribution is 6.40. The Morgan fingerprint density at radius 2 is 1.61 bits per heavy atom. The highest BCUT2D eigenvalue weighted by Gasteiger charge is 2.37. The molecule has 2 rings (SSSR count). The minimum Gasteiger partial charge on any atom is -0.352 e. The van der Waals surface area contributed by atoms with Gasteiger partial charge < -0.3 is 10.6 Å². The topological polar surface area (TPSA) is 58.2 Å². The van der Waals surface area contributed by atoms with Crippen molar-refractivity contribution in [3.63, 3.8) is 0 Å². The summed E-state index contributed by atoms with van der Waals surface area (Å²) in [4.78, 5) is 25.0. The normalized spacial score (nSPS) is 16.0. The molecule has 1 aliphatic rings. The van der Waals surface area contributed by atoms with Crippen LogP contribution in [-0.4, -0.2) is 17.9 Å². The minimum atomic E-state index is -1.21. The molecular formula is C17H22Cl2N2O2. The third-order valence-electron chi connectivity index (χ3n) is 4.28. The van der Waals surface area contributed by atoms with Gasteiger partial charge in [0.15, 0.2) is 0 Å². The van der Waals surface area contributed by atoms with E-state index in [0.717, 1.165) is 25.7 Å². The van der Waals surface area contributed by atoms with Gasteiger partial charge in [0, 0.05) is 6.04 Å². The van der Waals surface area contributed by atoms with Crippen LogP contribution in [0.4, 0.5) is 5.69 Å². The van der Waals surface area contributed by atoms with Gasteiger partial charge in [0.1, 0.15) is 5.41 Å². The smallest absolute Gasteiger partial charge is 0.239 e. The van der Waals surface area contributed by atoms with Gasteiger partial charge in [-0.2, -0.15) is 0 Å². The molecule has 0 saturated heterocycles. The molecule has 0 atom stereocenters. The number of rotatable bonds is 4. The van der Waals surface area contributed by atoms with E-state index in [2.05, 4.69) is 10.6 Å². The minimum absolute atomic E-state index is 0.159. The zero-order valence-corrected chi connectivity index (χ0v) is 14.9. The molecule has 1 aromatic carbocycles. The van der Waals surface area contributed by atoms with Crippen molar-refractivity contribution in [3.05, 3.63) is 28.2 Å². The van der Waals surface area contributed by atoms with Crippen LogP contribution in [0.3, 0.4) is 0 Å². The molecule has 2 amide bonds. The zero-order chi connectivity index (χ0) is 17.0. The molecule has 0 spiro atoms. The third kappa shape index (κ3) is 4.39. The van der Waals surface area contributed by atoms with Gasteiger partial charge in [0.05, 0.1) is 15.7 Å². The van der Waals surface area contributed by atoms with E-state index >= 15 is 0 Å². The Morgan fingerprint density at radius 1 is 1.04 bits per heavy atom. The van der Waals surface area contributed by atoms with E-state index in [4.69, 9.17) is 23.2 Å². The monoisotopic (exact) mass is 356 g/mol. The van der Waals surface area contributed by atoms with Crippen LogP contribution in [0.1, 0.15) is 46.0 Å². The SMILES string of the molecule is CC(C)(C(=O)Nc1c(Cl)cccc1Cl)C(=O)NC1CCCCC1. The summed E-state index contributed by atoms with van der Waals surface area (Å²) in [5, 5.41) is 6.35. The summed E-state index contributed by atoms with van der Waals surface area (Å²) in [5.41, 5.74) is -0.876. The van der Waals surface area contributed by atoms with E-state index in [-0.39, 0.29) is 11.9 Å². The van der Waals surface area contributed by atoms with Crippen LogP contribution in [0.15, 0.2) is 18.2 Å². The summed E-state index contributed by atoms with van der Waals surface area (Å²) in [5.74, 6) is -0.703. The van der Waals surface area contributed by atoms with Crippen molar-refractivity contribution in [2.45, 2.75) is 52.0 Å². The van der Waals surface area contributed by atoms with Crippen LogP contribution >= 0.6 is 23.2 Å². The molecule has 2 N–H and O–H groups in total. The van der Waals surface area contributed by atoms with E-state index in [1.54, 1.807) is 32.0 Å². The van der Waals surface area contributed by atoms with Crippen molar-refractivity contribution in [2.75, 3.05) is 5.32 Å². The number of nitrogens with one attached hydrogen (secondary N) is 2. The first-order valence-electron chi connectivity index (χ1n) is 7.89. The van der Waals surface area contributed by atoms with Gasteiger partial charge in [-0.05, 0) is 38.8 Å². The van der Waals surface area contributed by atoms with Crippen molar-refractivity contribution in [3.8, 4) is 0 Å². The lowest BCUT2D eigenvalue weighted by atomic mass is 9.88. The molecule has 0 aliphatic heterocycles. The average Bonchev–Trinajstić information content (AvgIpc) is 2.51. The molecule has 23 heavy (non-hydrogen) atoms. The van der Waals surface area contributed by atoms with E-state index in [1.807, 2.05) is 0 Å². The first-order chi connectivity index (χ1) is 10.8. The number of amides is 2. The van der Waals surface area contributed by atoms with E-state index in [1.165, 1.54) is 6.42 Å². The van der Waals surface area contributed by atoms with Crippen LogP contribution in [0.25, 0.3) is 0 Å². The Balaban J connectivity index is 2.05. The average molecular weight is 357 g/mol. The number of benzene rings is 1. The number of anilines is 1. The molecule has 0 bridgehead atoms. The van der Waals surface area contributed by atoms with Crippen molar-refractivity contribution in [2.24, 2.45) is 5.41 Å². The van der Waals surface area contributed by atoms with Gasteiger partial charge in [0.25, 0.3) is 0 Å². The Kier molecular flexibility index (Phi) is 5.93. The molecule has 0 radical (unpaired) electrons. The van der Waals surface area contributed by atoms with Gasteiger partial charge in [0.2, 0.25) is 11.8 Å². The Morgan fingerprint density at radius 3 is 2.17 bits per heavy atom. The summed E-state index contributed by atoms with van der Waals surface area (Å²) >= 11 is 12.1. The predicted molar refractivity (Wildman–Crippen MR) is 93.9 cm³/mol. The molecule has 0 unspecified atom stereocenters. The fraction of sp³-hybridized carbons (Fsp3) is 0.529. The summed E-state index contributed by atoms with van der Waals surface area (Å²) in [7, 11) is 0. The number of hydrogen-bond acceptors (Lipinski definition) is 2. The number of hydrogen-bond donors (Lipinski definition) is 2. The first kappa shape index (κ1) is 18.1. The fourth-order valence-electron chi connectivity index (χ4n) is 2.60. The molecule has 6 heteroatoms. The molecule has 1 aromatic rings. The predicted octanol–water partition coefficient (Wildman–Crippen LogP) is 4.41. The Bertz CT molecular complexity index is 576. The zero-order valence-electron chi connectivity index (χ0n) is 13.4. The molecule has 1 saturated carbocycles. The maximum atomic E-state index is 12.5. The standard InChI is InChI=1S/C17H22Cl2N2O2/c1-17(2,15(22)20-11-7-4-3-5-8-11)16(23)21-14-12(18)9-6-10-13(14)19/h6,9-11H,3-5,7-8H2,1-2H3,(H,20,22)(H,21,23). The van der Waals surface area contributed by atoms with Crippen LogP contribution in [0.2, 0.25) is 10.0 Å². The molecular weight excluding hydrogens is 335 g/mol. The van der Waals surface area contributed by atoms with Crippen molar-refractivity contribution < 1.29 is 9.59 Å². The third-order valence-corrected chi connectivity index (χ3v) is 4.91.